The Bertz CT molecular complexity index is 925. The Morgan fingerprint density at radius 2 is 1.80 bits per heavy atom. The first kappa shape index (κ1) is 15.5. The first-order valence-electron chi connectivity index (χ1n) is 8.55. The number of rotatable bonds is 5. The maximum absolute atomic E-state index is 12.4. The summed E-state index contributed by atoms with van der Waals surface area (Å²) in [6.45, 7) is 0. The Morgan fingerprint density at radius 3 is 2.60 bits per heavy atom. The summed E-state index contributed by atoms with van der Waals surface area (Å²) in [7, 11) is 0. The summed E-state index contributed by atoms with van der Waals surface area (Å²) in [5, 5.41) is 5.21. The van der Waals surface area contributed by atoms with Gasteiger partial charge in [0.1, 0.15) is 0 Å². The lowest BCUT2D eigenvalue weighted by molar-refractivity contribution is -0.115. The van der Waals surface area contributed by atoms with E-state index in [0.29, 0.717) is 12.3 Å². The van der Waals surface area contributed by atoms with E-state index in [1.54, 1.807) is 24.5 Å². The zero-order valence-electron chi connectivity index (χ0n) is 13.9. The molecule has 0 atom stereocenters. The van der Waals surface area contributed by atoms with E-state index < -0.39 is 0 Å². The van der Waals surface area contributed by atoms with Crippen LogP contribution in [0, 0.1) is 5.92 Å². The third-order valence-electron chi connectivity index (χ3n) is 4.39. The number of nitrogens with zero attached hydrogens (tertiary/aromatic N) is 2. The number of fused-ring (bicyclic) bond motifs is 1. The molecule has 0 unspecified atom stereocenters. The van der Waals surface area contributed by atoms with Crippen LogP contribution in [0.2, 0.25) is 0 Å². The number of carbonyl (C=O) groups is 1. The van der Waals surface area contributed by atoms with Crippen molar-refractivity contribution in [3.05, 3.63) is 67.0 Å². The number of aromatic nitrogens is 1. The van der Waals surface area contributed by atoms with Gasteiger partial charge >= 0.3 is 0 Å². The largest absolute Gasteiger partial charge is 0.326 e. The van der Waals surface area contributed by atoms with E-state index >= 15 is 0 Å². The van der Waals surface area contributed by atoms with Gasteiger partial charge in [0.05, 0.1) is 12.1 Å². The highest BCUT2D eigenvalue weighted by atomic mass is 16.1. The fraction of sp³-hybridized carbons (Fsp3) is 0.190. The number of aliphatic imine (C=N–C) groups is 1. The fourth-order valence-corrected chi connectivity index (χ4v) is 2.96. The minimum Gasteiger partial charge on any atom is -0.326 e. The summed E-state index contributed by atoms with van der Waals surface area (Å²) in [5.74, 6) is 0.402. The summed E-state index contributed by atoms with van der Waals surface area (Å²) in [6.07, 6.45) is 5.90. The van der Waals surface area contributed by atoms with Crippen LogP contribution >= 0.6 is 0 Å². The minimum atomic E-state index is -0.0305. The molecule has 1 amide bonds. The van der Waals surface area contributed by atoms with Crippen molar-refractivity contribution < 1.29 is 4.79 Å². The highest BCUT2D eigenvalue weighted by molar-refractivity contribution is 6.09. The van der Waals surface area contributed by atoms with E-state index in [1.165, 1.54) is 5.39 Å². The topological polar surface area (TPSA) is 54.4 Å². The van der Waals surface area contributed by atoms with Crippen LogP contribution in [0.3, 0.4) is 0 Å². The molecule has 0 bridgehead atoms. The molecule has 4 nitrogen and oxygen atoms in total. The van der Waals surface area contributed by atoms with Crippen molar-refractivity contribution in [2.75, 3.05) is 5.32 Å². The fourth-order valence-electron chi connectivity index (χ4n) is 2.96. The van der Waals surface area contributed by atoms with E-state index in [0.717, 1.165) is 35.3 Å². The smallest absolute Gasteiger partial charge is 0.230 e. The summed E-state index contributed by atoms with van der Waals surface area (Å²) in [5.41, 5.74) is 2.68. The van der Waals surface area contributed by atoms with E-state index in [2.05, 4.69) is 28.5 Å². The van der Waals surface area contributed by atoms with Gasteiger partial charge in [0, 0.05) is 29.2 Å². The number of anilines is 1. The average molecular weight is 329 g/mol. The number of benzene rings is 2. The summed E-state index contributed by atoms with van der Waals surface area (Å²) in [6, 6.07) is 17.9. The highest BCUT2D eigenvalue weighted by Gasteiger charge is 2.29. The number of amides is 1. The Hall–Kier alpha value is -3.01. The van der Waals surface area contributed by atoms with Crippen LogP contribution in [0.4, 0.5) is 11.4 Å². The van der Waals surface area contributed by atoms with Gasteiger partial charge in [-0.25, -0.2) is 0 Å². The van der Waals surface area contributed by atoms with Gasteiger partial charge in [0.2, 0.25) is 5.91 Å². The van der Waals surface area contributed by atoms with Gasteiger partial charge in [-0.3, -0.25) is 14.8 Å². The van der Waals surface area contributed by atoms with E-state index in [4.69, 9.17) is 4.99 Å². The lowest BCUT2D eigenvalue weighted by Crippen LogP contribution is -2.17. The summed E-state index contributed by atoms with van der Waals surface area (Å²) in [4.78, 5) is 21.2. The van der Waals surface area contributed by atoms with Crippen molar-refractivity contribution in [1.82, 2.24) is 4.98 Å². The standard InChI is InChI=1S/C21H19N3O/c25-21(23-17-10-12-22-13-11-17)14-20(16-8-9-16)24-19-7-3-5-15-4-1-2-6-18(15)19/h1-7,10-13,16H,8-9,14H2,(H,22,23,25). The van der Waals surface area contributed by atoms with Crippen LogP contribution < -0.4 is 5.32 Å². The van der Waals surface area contributed by atoms with Crippen LogP contribution in [-0.2, 0) is 4.79 Å². The van der Waals surface area contributed by atoms with Gasteiger partial charge in [0.25, 0.3) is 0 Å². The molecule has 0 spiro atoms. The first-order chi connectivity index (χ1) is 12.3. The number of hydrogen-bond donors (Lipinski definition) is 1. The Morgan fingerprint density at radius 1 is 1.04 bits per heavy atom. The monoisotopic (exact) mass is 329 g/mol. The van der Waals surface area contributed by atoms with Gasteiger partial charge in [0.15, 0.2) is 0 Å². The molecule has 0 radical (unpaired) electrons. The van der Waals surface area contributed by atoms with Gasteiger partial charge in [-0.2, -0.15) is 0 Å². The van der Waals surface area contributed by atoms with Gasteiger partial charge in [-0.15, -0.1) is 0 Å². The highest BCUT2D eigenvalue weighted by Crippen LogP contribution is 2.35. The third kappa shape index (κ3) is 3.74. The lowest BCUT2D eigenvalue weighted by atomic mass is 10.1. The van der Waals surface area contributed by atoms with Crippen LogP contribution in [-0.4, -0.2) is 16.6 Å². The van der Waals surface area contributed by atoms with E-state index in [9.17, 15) is 4.79 Å². The summed E-state index contributed by atoms with van der Waals surface area (Å²) >= 11 is 0. The van der Waals surface area contributed by atoms with Gasteiger partial charge < -0.3 is 5.32 Å². The van der Waals surface area contributed by atoms with Gasteiger partial charge in [-0.1, -0.05) is 36.4 Å². The van der Waals surface area contributed by atoms with Crippen molar-refractivity contribution in [3.63, 3.8) is 0 Å². The second-order valence-electron chi connectivity index (χ2n) is 6.34. The first-order valence-corrected chi connectivity index (χ1v) is 8.55. The molecule has 0 aliphatic heterocycles. The van der Waals surface area contributed by atoms with Crippen LogP contribution in [0.25, 0.3) is 10.8 Å². The SMILES string of the molecule is O=C(CC(=Nc1cccc2ccccc12)C1CC1)Nc1ccncc1. The Balaban J connectivity index is 1.58. The van der Waals surface area contributed by atoms with E-state index in [1.807, 2.05) is 24.3 Å². The zero-order chi connectivity index (χ0) is 17.1. The molecule has 1 aromatic heterocycles. The molecule has 1 fully saturated rings. The van der Waals surface area contributed by atoms with Crippen LogP contribution in [0.5, 0.6) is 0 Å². The molecule has 4 heteroatoms. The van der Waals surface area contributed by atoms with Crippen LogP contribution in [0.1, 0.15) is 19.3 Å². The number of pyridine rings is 1. The maximum Gasteiger partial charge on any atom is 0.230 e. The predicted octanol–water partition coefficient (Wildman–Crippen LogP) is 4.75. The Kier molecular flexibility index (Phi) is 4.25. The number of hydrogen-bond acceptors (Lipinski definition) is 3. The van der Waals surface area contributed by atoms with Crippen molar-refractivity contribution in [3.8, 4) is 0 Å². The van der Waals surface area contributed by atoms with Crippen molar-refractivity contribution >= 4 is 33.8 Å². The van der Waals surface area contributed by atoms with Crippen molar-refractivity contribution in [2.45, 2.75) is 19.3 Å². The molecule has 3 aromatic rings. The molecule has 1 heterocycles. The minimum absolute atomic E-state index is 0.0305. The molecule has 1 aliphatic carbocycles. The van der Waals surface area contributed by atoms with Gasteiger partial charge in [-0.05, 0) is 42.3 Å². The second kappa shape index (κ2) is 6.85. The molecule has 1 saturated carbocycles. The van der Waals surface area contributed by atoms with Crippen molar-refractivity contribution in [2.24, 2.45) is 10.9 Å². The molecule has 1 N–H and O–H groups in total. The zero-order valence-corrected chi connectivity index (χ0v) is 13.9. The number of carbonyl (C=O) groups excluding carboxylic acids is 1. The second-order valence-corrected chi connectivity index (χ2v) is 6.34. The predicted molar refractivity (Wildman–Crippen MR) is 101 cm³/mol. The molecule has 4 rings (SSSR count). The molecule has 25 heavy (non-hydrogen) atoms. The molecular formula is C21H19N3O. The number of nitrogens with one attached hydrogen (secondary N) is 1. The average Bonchev–Trinajstić information content (AvgIpc) is 3.47. The van der Waals surface area contributed by atoms with Crippen molar-refractivity contribution in [1.29, 1.82) is 0 Å². The van der Waals surface area contributed by atoms with Crippen LogP contribution in [0.15, 0.2) is 72.0 Å². The molecule has 2 aromatic carbocycles. The molecule has 124 valence electrons. The molecular weight excluding hydrogens is 310 g/mol. The van der Waals surface area contributed by atoms with E-state index in [-0.39, 0.29) is 5.91 Å². The lowest BCUT2D eigenvalue weighted by Gasteiger charge is -2.08. The normalized spacial score (nSPS) is 14.5. The molecule has 0 saturated heterocycles. The maximum atomic E-state index is 12.4. The third-order valence-corrected chi connectivity index (χ3v) is 4.39. The summed E-state index contributed by atoms with van der Waals surface area (Å²) < 4.78 is 0. The molecule has 1 aliphatic rings. The quantitative estimate of drug-likeness (QED) is 0.687. The Labute approximate surface area is 146 Å².